The van der Waals surface area contributed by atoms with Gasteiger partial charge in [-0.2, -0.15) is 0 Å². The van der Waals surface area contributed by atoms with Crippen molar-refractivity contribution < 1.29 is 14.1 Å². The van der Waals surface area contributed by atoms with E-state index in [9.17, 15) is 9.59 Å². The number of nitrogens with one attached hydrogen (secondary N) is 3. The second kappa shape index (κ2) is 7.26. The van der Waals surface area contributed by atoms with Crippen molar-refractivity contribution >= 4 is 28.5 Å². The maximum atomic E-state index is 12.8. The lowest BCUT2D eigenvalue weighted by molar-refractivity contribution is -0.132. The van der Waals surface area contributed by atoms with E-state index in [0.29, 0.717) is 18.0 Å². The fourth-order valence-electron chi connectivity index (χ4n) is 2.74. The Morgan fingerprint density at radius 2 is 2.00 bits per heavy atom. The molecule has 0 spiro atoms. The van der Waals surface area contributed by atoms with E-state index in [4.69, 9.17) is 4.52 Å². The van der Waals surface area contributed by atoms with Crippen molar-refractivity contribution in [2.24, 2.45) is 5.41 Å². The number of hydrogen-bond acceptors (Lipinski definition) is 4. The lowest BCUT2D eigenvalue weighted by atomic mass is 9.94. The molecule has 0 aliphatic heterocycles. The molecule has 1 aromatic carbocycles. The molecule has 2 aromatic heterocycles. The first-order valence-corrected chi connectivity index (χ1v) is 8.84. The number of carbonyl (C=O) groups is 2. The second-order valence-electron chi connectivity index (χ2n) is 7.65. The van der Waals surface area contributed by atoms with Crippen LogP contribution in [0.4, 0.5) is 5.82 Å². The van der Waals surface area contributed by atoms with Gasteiger partial charge in [0, 0.05) is 35.0 Å². The van der Waals surface area contributed by atoms with Crippen LogP contribution in [0.25, 0.3) is 10.9 Å². The Labute approximate surface area is 157 Å². The predicted molar refractivity (Wildman–Crippen MR) is 103 cm³/mol. The van der Waals surface area contributed by atoms with Gasteiger partial charge in [-0.3, -0.25) is 9.59 Å². The minimum Gasteiger partial charge on any atom is -0.361 e. The van der Waals surface area contributed by atoms with Crippen LogP contribution < -0.4 is 10.6 Å². The Kier molecular flexibility index (Phi) is 5.03. The third kappa shape index (κ3) is 4.36. The average Bonchev–Trinajstić information content (AvgIpc) is 3.19. The van der Waals surface area contributed by atoms with E-state index < -0.39 is 11.5 Å². The lowest BCUT2D eigenvalue weighted by Gasteiger charge is -2.23. The van der Waals surface area contributed by atoms with Gasteiger partial charge in [-0.15, -0.1) is 0 Å². The summed E-state index contributed by atoms with van der Waals surface area (Å²) in [5.74, 6) is 0.383. The second-order valence-corrected chi connectivity index (χ2v) is 7.65. The Hall–Kier alpha value is -3.09. The number of rotatable bonds is 5. The van der Waals surface area contributed by atoms with Crippen LogP contribution in [0.5, 0.6) is 0 Å². The van der Waals surface area contributed by atoms with Crippen LogP contribution in [0, 0.1) is 12.3 Å². The SMILES string of the molecule is Cc1cc(NC(=O)[C@H](Cc2c[nH]c3ccccc23)NC(=O)C(C)(C)C)no1. The Morgan fingerprint density at radius 3 is 2.67 bits per heavy atom. The van der Waals surface area contributed by atoms with Gasteiger partial charge >= 0.3 is 0 Å². The van der Waals surface area contributed by atoms with Gasteiger partial charge in [0.2, 0.25) is 11.8 Å². The van der Waals surface area contributed by atoms with E-state index in [-0.39, 0.29) is 11.8 Å². The topological polar surface area (TPSA) is 100 Å². The van der Waals surface area contributed by atoms with Crippen molar-refractivity contribution in [3.63, 3.8) is 0 Å². The number of H-pyrrole nitrogens is 1. The lowest BCUT2D eigenvalue weighted by Crippen LogP contribution is -2.48. The number of hydrogen-bond donors (Lipinski definition) is 3. The van der Waals surface area contributed by atoms with Crippen molar-refractivity contribution in [2.45, 2.75) is 40.2 Å². The van der Waals surface area contributed by atoms with E-state index in [1.54, 1.807) is 13.0 Å². The van der Waals surface area contributed by atoms with Gasteiger partial charge in [0.1, 0.15) is 11.8 Å². The van der Waals surface area contributed by atoms with E-state index in [1.165, 1.54) is 0 Å². The highest BCUT2D eigenvalue weighted by Gasteiger charge is 2.28. The summed E-state index contributed by atoms with van der Waals surface area (Å²) >= 11 is 0. The fourth-order valence-corrected chi connectivity index (χ4v) is 2.74. The first-order chi connectivity index (χ1) is 12.7. The summed E-state index contributed by atoms with van der Waals surface area (Å²) in [5.41, 5.74) is 1.33. The van der Waals surface area contributed by atoms with Crippen LogP contribution in [-0.2, 0) is 16.0 Å². The van der Waals surface area contributed by atoms with Gasteiger partial charge in [-0.25, -0.2) is 0 Å². The highest BCUT2D eigenvalue weighted by Crippen LogP contribution is 2.21. The molecular formula is C20H24N4O3. The summed E-state index contributed by atoms with van der Waals surface area (Å²) in [4.78, 5) is 28.5. The van der Waals surface area contributed by atoms with Crippen molar-refractivity contribution in [3.8, 4) is 0 Å². The Bertz CT molecular complexity index is 965. The molecule has 2 amide bonds. The van der Waals surface area contributed by atoms with Crippen molar-refractivity contribution in [1.29, 1.82) is 0 Å². The molecule has 3 rings (SSSR count). The summed E-state index contributed by atoms with van der Waals surface area (Å²) in [6.45, 7) is 7.17. The summed E-state index contributed by atoms with van der Waals surface area (Å²) in [6, 6.07) is 8.74. The molecule has 0 saturated carbocycles. The maximum absolute atomic E-state index is 12.8. The van der Waals surface area contributed by atoms with Crippen LogP contribution in [-0.4, -0.2) is 28.0 Å². The maximum Gasteiger partial charge on any atom is 0.248 e. The number of benzene rings is 1. The predicted octanol–water partition coefficient (Wildman–Crippen LogP) is 3.18. The molecule has 0 bridgehead atoms. The molecular weight excluding hydrogens is 344 g/mol. The molecule has 7 heteroatoms. The van der Waals surface area contributed by atoms with Crippen LogP contribution >= 0.6 is 0 Å². The number of aryl methyl sites for hydroxylation is 1. The molecule has 27 heavy (non-hydrogen) atoms. The molecule has 0 unspecified atom stereocenters. The standard InChI is InChI=1S/C20H24N4O3/c1-12-9-17(24-27-12)23-18(25)16(22-19(26)20(2,3)4)10-13-11-21-15-8-6-5-7-14(13)15/h5-9,11,16,21H,10H2,1-4H3,(H,22,26)(H,23,24,25)/t16-/m0/s1. The molecule has 3 N–H and O–H groups in total. The molecule has 0 radical (unpaired) electrons. The van der Waals surface area contributed by atoms with Gasteiger partial charge in [-0.05, 0) is 18.6 Å². The van der Waals surface area contributed by atoms with Crippen LogP contribution in [0.2, 0.25) is 0 Å². The minimum atomic E-state index is -0.743. The van der Waals surface area contributed by atoms with E-state index in [1.807, 2.05) is 51.2 Å². The number of amides is 2. The van der Waals surface area contributed by atoms with Gasteiger partial charge < -0.3 is 20.1 Å². The highest BCUT2D eigenvalue weighted by molar-refractivity contribution is 5.98. The van der Waals surface area contributed by atoms with Crippen LogP contribution in [0.3, 0.4) is 0 Å². The van der Waals surface area contributed by atoms with Crippen molar-refractivity contribution in [1.82, 2.24) is 15.5 Å². The molecule has 3 aromatic rings. The van der Waals surface area contributed by atoms with Crippen molar-refractivity contribution in [3.05, 3.63) is 47.9 Å². The molecule has 0 saturated heterocycles. The first kappa shape index (κ1) is 18.7. The molecule has 0 aliphatic rings. The van der Waals surface area contributed by atoms with E-state index >= 15 is 0 Å². The number of anilines is 1. The molecule has 142 valence electrons. The fraction of sp³-hybridized carbons (Fsp3) is 0.350. The summed E-state index contributed by atoms with van der Waals surface area (Å²) in [6.07, 6.45) is 2.23. The number of fused-ring (bicyclic) bond motifs is 1. The Morgan fingerprint density at radius 1 is 1.26 bits per heavy atom. The number of para-hydroxylation sites is 1. The average molecular weight is 368 g/mol. The van der Waals surface area contributed by atoms with E-state index in [2.05, 4.69) is 20.8 Å². The van der Waals surface area contributed by atoms with Crippen LogP contribution in [0.15, 0.2) is 41.1 Å². The molecule has 7 nitrogen and oxygen atoms in total. The van der Waals surface area contributed by atoms with Gasteiger partial charge in [-0.1, -0.05) is 44.1 Å². The van der Waals surface area contributed by atoms with E-state index in [0.717, 1.165) is 16.5 Å². The summed E-state index contributed by atoms with van der Waals surface area (Å²) in [5, 5.41) is 10.4. The molecule has 1 atom stereocenters. The molecule has 0 aliphatic carbocycles. The zero-order chi connectivity index (χ0) is 19.6. The monoisotopic (exact) mass is 368 g/mol. The quantitative estimate of drug-likeness (QED) is 0.644. The zero-order valence-corrected chi connectivity index (χ0v) is 15.9. The zero-order valence-electron chi connectivity index (χ0n) is 15.9. The van der Waals surface area contributed by atoms with Gasteiger partial charge in [0.15, 0.2) is 5.82 Å². The number of nitrogens with zero attached hydrogens (tertiary/aromatic N) is 1. The van der Waals surface area contributed by atoms with Gasteiger partial charge in [0.25, 0.3) is 0 Å². The Balaban J connectivity index is 1.84. The molecule has 0 fully saturated rings. The molecule has 2 heterocycles. The first-order valence-electron chi connectivity index (χ1n) is 8.84. The largest absolute Gasteiger partial charge is 0.361 e. The van der Waals surface area contributed by atoms with Gasteiger partial charge in [0.05, 0.1) is 0 Å². The number of aromatic nitrogens is 2. The normalized spacial score (nSPS) is 12.7. The highest BCUT2D eigenvalue weighted by atomic mass is 16.5. The third-order valence-corrected chi connectivity index (χ3v) is 4.28. The minimum absolute atomic E-state index is 0.196. The number of aromatic amines is 1. The summed E-state index contributed by atoms with van der Waals surface area (Å²) < 4.78 is 4.99. The van der Waals surface area contributed by atoms with Crippen molar-refractivity contribution in [2.75, 3.05) is 5.32 Å². The third-order valence-electron chi connectivity index (χ3n) is 4.28. The van der Waals surface area contributed by atoms with Crippen LogP contribution in [0.1, 0.15) is 32.1 Å². The number of carbonyl (C=O) groups excluding carboxylic acids is 2. The smallest absolute Gasteiger partial charge is 0.248 e. The summed E-state index contributed by atoms with van der Waals surface area (Å²) in [7, 11) is 0.